The highest BCUT2D eigenvalue weighted by Gasteiger charge is 2.47. The largest absolute Gasteiger partial charge is 0.494 e. The molecule has 1 spiro atoms. The number of hydrogen-bond donors (Lipinski definition) is 1. The van der Waals surface area contributed by atoms with Gasteiger partial charge >= 0.3 is 0 Å². The van der Waals surface area contributed by atoms with Crippen LogP contribution in [0.1, 0.15) is 30.9 Å². The fourth-order valence-electron chi connectivity index (χ4n) is 4.39. The van der Waals surface area contributed by atoms with Crippen LogP contribution in [0.4, 0.5) is 17.5 Å². The minimum Gasteiger partial charge on any atom is -0.494 e. The van der Waals surface area contributed by atoms with Crippen molar-refractivity contribution in [2.24, 2.45) is 0 Å². The van der Waals surface area contributed by atoms with Gasteiger partial charge in [0.2, 0.25) is 5.95 Å². The number of anilines is 3. The molecule has 3 aliphatic rings. The Labute approximate surface area is 186 Å². The van der Waals surface area contributed by atoms with Crippen molar-refractivity contribution in [1.29, 1.82) is 0 Å². The lowest BCUT2D eigenvalue weighted by molar-refractivity contribution is -0.0796. The van der Waals surface area contributed by atoms with Crippen LogP contribution in [0.5, 0.6) is 11.5 Å². The Kier molecular flexibility index (Phi) is 4.46. The van der Waals surface area contributed by atoms with Crippen molar-refractivity contribution in [3.63, 3.8) is 0 Å². The average Bonchev–Trinajstić information content (AvgIpc) is 3.21. The van der Waals surface area contributed by atoms with E-state index in [2.05, 4.69) is 26.4 Å². The maximum Gasteiger partial charge on any atom is 0.229 e. The number of likely N-dealkylation sites (N-methyl/N-ethyl adjacent to an activating group) is 1. The monoisotopic (exact) mass is 434 g/mol. The van der Waals surface area contributed by atoms with Crippen LogP contribution in [0, 0.1) is 0 Å². The lowest BCUT2D eigenvalue weighted by atomic mass is 9.83. The maximum absolute atomic E-state index is 5.89. The number of aromatic nitrogens is 4. The molecular formula is C23H26N6O3. The molecule has 0 atom stereocenters. The van der Waals surface area contributed by atoms with E-state index in [-0.39, 0.29) is 5.54 Å². The molecule has 32 heavy (non-hydrogen) atoms. The first kappa shape index (κ1) is 19.4. The first-order valence-electron chi connectivity index (χ1n) is 11.0. The minimum atomic E-state index is -0.132. The highest BCUT2D eigenvalue weighted by molar-refractivity contribution is 5.64. The molecular weight excluding hydrogens is 408 g/mol. The van der Waals surface area contributed by atoms with E-state index in [1.807, 2.05) is 36.1 Å². The summed E-state index contributed by atoms with van der Waals surface area (Å²) in [5.74, 6) is 3.29. The zero-order valence-corrected chi connectivity index (χ0v) is 18.2. The van der Waals surface area contributed by atoms with Crippen LogP contribution >= 0.6 is 0 Å². The van der Waals surface area contributed by atoms with E-state index in [1.54, 1.807) is 13.3 Å². The first-order valence-corrected chi connectivity index (χ1v) is 11.0. The molecule has 0 amide bonds. The number of imidazole rings is 1. The molecule has 1 saturated carbocycles. The summed E-state index contributed by atoms with van der Waals surface area (Å²) in [6, 6.07) is 5.95. The van der Waals surface area contributed by atoms with Crippen LogP contribution in [0.15, 0.2) is 36.9 Å². The Balaban J connectivity index is 1.25. The van der Waals surface area contributed by atoms with E-state index < -0.39 is 0 Å². The molecule has 1 aromatic carbocycles. The molecule has 4 heterocycles. The van der Waals surface area contributed by atoms with Gasteiger partial charge in [-0.25, -0.2) is 9.97 Å². The van der Waals surface area contributed by atoms with Crippen molar-refractivity contribution in [2.45, 2.75) is 30.7 Å². The van der Waals surface area contributed by atoms with Crippen LogP contribution in [0.3, 0.4) is 0 Å². The molecule has 1 N–H and O–H groups in total. The van der Waals surface area contributed by atoms with Gasteiger partial charge in [0.15, 0.2) is 11.6 Å². The van der Waals surface area contributed by atoms with Gasteiger partial charge in [-0.2, -0.15) is 4.98 Å². The van der Waals surface area contributed by atoms with E-state index in [4.69, 9.17) is 19.2 Å². The van der Waals surface area contributed by atoms with E-state index in [9.17, 15) is 0 Å². The number of rotatable bonds is 5. The molecule has 0 bridgehead atoms. The third-order valence-electron chi connectivity index (χ3n) is 6.84. The fourth-order valence-corrected chi connectivity index (χ4v) is 4.39. The summed E-state index contributed by atoms with van der Waals surface area (Å²) in [7, 11) is 3.70. The van der Waals surface area contributed by atoms with E-state index in [0.717, 1.165) is 28.6 Å². The Morgan fingerprint density at radius 1 is 1.19 bits per heavy atom. The molecule has 3 aromatic rings. The standard InChI is InChI=1S/C23H26N6O3/c1-28-21-20(32-13-23(28)11-31-12-23)9-24-22(27-21)26-16-6-7-18(19(8-16)30-2)29-10-17(25-14-29)15-4-3-5-15/h6-10,14-15H,3-5,11-13H2,1-2H3,(H,24,26,27). The molecule has 166 valence electrons. The number of hydrogen-bond acceptors (Lipinski definition) is 8. The van der Waals surface area contributed by atoms with Crippen molar-refractivity contribution in [3.05, 3.63) is 42.6 Å². The minimum absolute atomic E-state index is 0.132. The fraction of sp³-hybridized carbons (Fsp3) is 0.435. The normalized spacial score (nSPS) is 19.0. The summed E-state index contributed by atoms with van der Waals surface area (Å²) in [5, 5.41) is 3.29. The molecule has 1 saturated heterocycles. The van der Waals surface area contributed by atoms with Gasteiger partial charge in [-0.05, 0) is 25.0 Å². The highest BCUT2D eigenvalue weighted by atomic mass is 16.5. The number of methoxy groups -OCH3 is 1. The Hall–Kier alpha value is -3.33. The van der Waals surface area contributed by atoms with Crippen LogP contribution in [-0.2, 0) is 4.74 Å². The Morgan fingerprint density at radius 3 is 2.78 bits per heavy atom. The summed E-state index contributed by atoms with van der Waals surface area (Å²) in [5.41, 5.74) is 2.81. The van der Waals surface area contributed by atoms with Gasteiger partial charge in [-0.3, -0.25) is 0 Å². The molecule has 1 aliphatic carbocycles. The molecule has 6 rings (SSSR count). The van der Waals surface area contributed by atoms with Gasteiger partial charge in [-0.15, -0.1) is 0 Å². The van der Waals surface area contributed by atoms with Gasteiger partial charge < -0.3 is 29.0 Å². The number of fused-ring (bicyclic) bond motifs is 1. The average molecular weight is 435 g/mol. The second-order valence-electron chi connectivity index (χ2n) is 8.79. The van der Waals surface area contributed by atoms with Gasteiger partial charge in [0.1, 0.15) is 17.9 Å². The second kappa shape index (κ2) is 7.37. The molecule has 9 nitrogen and oxygen atoms in total. The zero-order valence-electron chi connectivity index (χ0n) is 18.2. The number of benzene rings is 1. The number of nitrogens with one attached hydrogen (secondary N) is 1. The van der Waals surface area contributed by atoms with Gasteiger partial charge in [-0.1, -0.05) is 6.42 Å². The van der Waals surface area contributed by atoms with Gasteiger partial charge in [0.05, 0.1) is 44.2 Å². The van der Waals surface area contributed by atoms with Crippen LogP contribution in [0.2, 0.25) is 0 Å². The van der Waals surface area contributed by atoms with E-state index >= 15 is 0 Å². The molecule has 0 unspecified atom stereocenters. The third kappa shape index (κ3) is 3.07. The van der Waals surface area contributed by atoms with E-state index in [1.165, 1.54) is 19.3 Å². The molecule has 2 fully saturated rings. The highest BCUT2D eigenvalue weighted by Crippen LogP contribution is 2.39. The number of ether oxygens (including phenoxy) is 3. The quantitative estimate of drug-likeness (QED) is 0.655. The predicted octanol–water partition coefficient (Wildman–Crippen LogP) is 3.28. The van der Waals surface area contributed by atoms with Gasteiger partial charge in [0.25, 0.3) is 0 Å². The van der Waals surface area contributed by atoms with Crippen LogP contribution < -0.4 is 19.7 Å². The summed E-state index contributed by atoms with van der Waals surface area (Å²) in [6.07, 6.45) is 9.44. The summed E-state index contributed by atoms with van der Waals surface area (Å²) < 4.78 is 19.0. The third-order valence-corrected chi connectivity index (χ3v) is 6.84. The molecule has 0 radical (unpaired) electrons. The van der Waals surface area contributed by atoms with Crippen molar-refractivity contribution in [2.75, 3.05) is 44.2 Å². The summed E-state index contributed by atoms with van der Waals surface area (Å²) >= 11 is 0. The topological polar surface area (TPSA) is 86.6 Å². The molecule has 9 heteroatoms. The van der Waals surface area contributed by atoms with Crippen LogP contribution in [0.25, 0.3) is 5.69 Å². The summed E-state index contributed by atoms with van der Waals surface area (Å²) in [6.45, 7) is 1.87. The number of nitrogens with zero attached hydrogens (tertiary/aromatic N) is 5. The van der Waals surface area contributed by atoms with E-state index in [0.29, 0.717) is 37.4 Å². The zero-order chi connectivity index (χ0) is 21.7. The predicted molar refractivity (Wildman–Crippen MR) is 119 cm³/mol. The lowest BCUT2D eigenvalue weighted by Crippen LogP contribution is -2.66. The first-order chi connectivity index (χ1) is 15.6. The maximum atomic E-state index is 5.89. The molecule has 2 aliphatic heterocycles. The smallest absolute Gasteiger partial charge is 0.229 e. The van der Waals surface area contributed by atoms with Gasteiger partial charge in [0, 0.05) is 30.9 Å². The molecule has 2 aromatic heterocycles. The summed E-state index contributed by atoms with van der Waals surface area (Å²) in [4.78, 5) is 15.9. The van der Waals surface area contributed by atoms with Crippen molar-refractivity contribution in [1.82, 2.24) is 19.5 Å². The van der Waals surface area contributed by atoms with Crippen molar-refractivity contribution in [3.8, 4) is 17.2 Å². The van der Waals surface area contributed by atoms with Crippen molar-refractivity contribution >= 4 is 17.5 Å². The van der Waals surface area contributed by atoms with Crippen LogP contribution in [-0.4, -0.2) is 59.0 Å². The Bertz CT molecular complexity index is 1150. The Morgan fingerprint density at radius 2 is 2.06 bits per heavy atom. The van der Waals surface area contributed by atoms with Crippen molar-refractivity contribution < 1.29 is 14.2 Å². The SMILES string of the molecule is COc1cc(Nc2ncc3c(n2)N(C)C2(COC2)CO3)ccc1-n1cnc(C2CCC2)c1. The lowest BCUT2D eigenvalue weighted by Gasteiger charge is -2.50. The second-order valence-corrected chi connectivity index (χ2v) is 8.79.